The summed E-state index contributed by atoms with van der Waals surface area (Å²) in [5.74, 6) is -0.784. The first-order chi connectivity index (χ1) is 9.08. The molecule has 1 unspecified atom stereocenters. The minimum atomic E-state index is -1.03. The van der Waals surface area contributed by atoms with Crippen molar-refractivity contribution < 1.29 is 14.3 Å². The van der Waals surface area contributed by atoms with E-state index in [1.807, 2.05) is 4.90 Å². The summed E-state index contributed by atoms with van der Waals surface area (Å²) >= 11 is 0. The number of rotatable bonds is 3. The molecule has 1 N–H and O–H groups in total. The topological polar surface area (TPSA) is 40.5 Å². The summed E-state index contributed by atoms with van der Waals surface area (Å²) < 4.78 is 14.1. The monoisotopic (exact) mass is 263 g/mol. The number of piperidine rings is 1. The predicted octanol–water partition coefficient (Wildman–Crippen LogP) is 3.16. The molecule has 19 heavy (non-hydrogen) atoms. The van der Waals surface area contributed by atoms with Gasteiger partial charge < -0.3 is 10.0 Å². The van der Waals surface area contributed by atoms with E-state index < -0.39 is 5.97 Å². The fraction of sp³-hybridized carbons (Fsp3) is 0.400. The molecule has 102 valence electrons. The van der Waals surface area contributed by atoms with E-state index in [2.05, 4.69) is 6.92 Å². The smallest absolute Gasteiger partial charge is 0.328 e. The van der Waals surface area contributed by atoms with Crippen molar-refractivity contribution in [2.24, 2.45) is 5.92 Å². The second kappa shape index (κ2) is 5.87. The van der Waals surface area contributed by atoms with Crippen LogP contribution < -0.4 is 4.90 Å². The maximum absolute atomic E-state index is 14.1. The second-order valence-electron chi connectivity index (χ2n) is 5.04. The van der Waals surface area contributed by atoms with Gasteiger partial charge in [-0.1, -0.05) is 19.1 Å². The lowest BCUT2D eigenvalue weighted by Crippen LogP contribution is -2.35. The highest BCUT2D eigenvalue weighted by molar-refractivity contribution is 5.87. The van der Waals surface area contributed by atoms with Gasteiger partial charge in [-0.25, -0.2) is 9.18 Å². The minimum absolute atomic E-state index is 0.290. The molecule has 0 radical (unpaired) electrons. The maximum atomic E-state index is 14.1. The lowest BCUT2D eigenvalue weighted by atomic mass is 9.98. The van der Waals surface area contributed by atoms with Gasteiger partial charge in [0, 0.05) is 24.7 Å². The number of carboxylic acid groups (broad SMARTS) is 1. The van der Waals surface area contributed by atoms with Crippen LogP contribution in [0.25, 0.3) is 6.08 Å². The summed E-state index contributed by atoms with van der Waals surface area (Å²) in [5.41, 5.74) is 1.14. The molecule has 4 heteroatoms. The van der Waals surface area contributed by atoms with Gasteiger partial charge in [-0.05, 0) is 30.9 Å². The number of anilines is 1. The van der Waals surface area contributed by atoms with Gasteiger partial charge in [0.1, 0.15) is 5.82 Å². The summed E-state index contributed by atoms with van der Waals surface area (Å²) in [7, 11) is 0. The first kappa shape index (κ1) is 13.6. The fourth-order valence-electron chi connectivity index (χ4n) is 2.55. The zero-order chi connectivity index (χ0) is 13.8. The third-order valence-corrected chi connectivity index (χ3v) is 3.40. The molecule has 0 saturated carbocycles. The molecule has 1 aliphatic rings. The van der Waals surface area contributed by atoms with Crippen molar-refractivity contribution >= 4 is 17.7 Å². The first-order valence-electron chi connectivity index (χ1n) is 6.52. The Morgan fingerprint density at radius 2 is 2.32 bits per heavy atom. The molecule has 0 aliphatic carbocycles. The lowest BCUT2D eigenvalue weighted by Gasteiger charge is -2.34. The molecule has 0 amide bonds. The summed E-state index contributed by atoms with van der Waals surface area (Å²) in [4.78, 5) is 12.6. The van der Waals surface area contributed by atoms with Crippen molar-refractivity contribution in [3.05, 3.63) is 35.7 Å². The Morgan fingerprint density at radius 3 is 3.00 bits per heavy atom. The van der Waals surface area contributed by atoms with Gasteiger partial charge in [0.05, 0.1) is 5.69 Å². The van der Waals surface area contributed by atoms with Crippen molar-refractivity contribution in [3.63, 3.8) is 0 Å². The first-order valence-corrected chi connectivity index (χ1v) is 6.52. The van der Waals surface area contributed by atoms with E-state index in [9.17, 15) is 9.18 Å². The molecule has 3 nitrogen and oxygen atoms in total. The van der Waals surface area contributed by atoms with Gasteiger partial charge in [-0.15, -0.1) is 0 Å². The van der Waals surface area contributed by atoms with Crippen LogP contribution >= 0.6 is 0 Å². The molecule has 1 aromatic carbocycles. The molecule has 2 rings (SSSR count). The van der Waals surface area contributed by atoms with Crippen LogP contribution in [-0.4, -0.2) is 24.2 Å². The van der Waals surface area contributed by atoms with Gasteiger partial charge in [0.15, 0.2) is 0 Å². The van der Waals surface area contributed by atoms with Crippen LogP contribution in [0.2, 0.25) is 0 Å². The average Bonchev–Trinajstić information content (AvgIpc) is 2.36. The number of halogens is 1. The van der Waals surface area contributed by atoms with Crippen molar-refractivity contribution in [3.8, 4) is 0 Å². The van der Waals surface area contributed by atoms with Gasteiger partial charge in [0.2, 0.25) is 0 Å². The van der Waals surface area contributed by atoms with E-state index >= 15 is 0 Å². The SMILES string of the molecule is CC1CCCN(c2c(F)cccc2/C=C/C(=O)O)C1. The third-order valence-electron chi connectivity index (χ3n) is 3.40. The van der Waals surface area contributed by atoms with Crippen molar-refractivity contribution in [1.82, 2.24) is 0 Å². The van der Waals surface area contributed by atoms with E-state index in [4.69, 9.17) is 5.11 Å². The second-order valence-corrected chi connectivity index (χ2v) is 5.04. The number of benzene rings is 1. The Hall–Kier alpha value is -1.84. The van der Waals surface area contributed by atoms with Crippen LogP contribution in [-0.2, 0) is 4.79 Å². The fourth-order valence-corrected chi connectivity index (χ4v) is 2.55. The Labute approximate surface area is 112 Å². The minimum Gasteiger partial charge on any atom is -0.478 e. The van der Waals surface area contributed by atoms with Crippen LogP contribution in [0.1, 0.15) is 25.3 Å². The molecule has 1 aliphatic heterocycles. The van der Waals surface area contributed by atoms with Crippen LogP contribution in [0.3, 0.4) is 0 Å². The lowest BCUT2D eigenvalue weighted by molar-refractivity contribution is -0.131. The molecule has 1 saturated heterocycles. The highest BCUT2D eigenvalue weighted by Gasteiger charge is 2.21. The Bertz CT molecular complexity index is 499. The molecular weight excluding hydrogens is 245 g/mol. The summed E-state index contributed by atoms with van der Waals surface area (Å²) in [6.07, 6.45) is 4.70. The Kier molecular flexibility index (Phi) is 4.20. The zero-order valence-electron chi connectivity index (χ0n) is 11.0. The van der Waals surface area contributed by atoms with Gasteiger partial charge in [0.25, 0.3) is 0 Å². The third kappa shape index (κ3) is 3.34. The Morgan fingerprint density at radius 1 is 1.53 bits per heavy atom. The zero-order valence-corrected chi connectivity index (χ0v) is 11.0. The van der Waals surface area contributed by atoms with Crippen LogP contribution in [0.15, 0.2) is 24.3 Å². The van der Waals surface area contributed by atoms with E-state index in [-0.39, 0.29) is 5.82 Å². The normalized spacial score (nSPS) is 19.9. The van der Waals surface area contributed by atoms with Crippen molar-refractivity contribution in [1.29, 1.82) is 0 Å². The number of carboxylic acids is 1. The van der Waals surface area contributed by atoms with E-state index in [0.717, 1.165) is 32.0 Å². The van der Waals surface area contributed by atoms with Crippen LogP contribution in [0.4, 0.5) is 10.1 Å². The summed E-state index contributed by atoms with van der Waals surface area (Å²) in [6.45, 7) is 3.79. The summed E-state index contributed by atoms with van der Waals surface area (Å²) in [5, 5.41) is 8.69. The highest BCUT2D eigenvalue weighted by Crippen LogP contribution is 2.29. The number of para-hydroxylation sites is 1. The number of carbonyl (C=O) groups is 1. The largest absolute Gasteiger partial charge is 0.478 e. The van der Waals surface area contributed by atoms with E-state index in [1.165, 1.54) is 12.1 Å². The molecule has 1 fully saturated rings. The van der Waals surface area contributed by atoms with Crippen LogP contribution in [0.5, 0.6) is 0 Å². The number of hydrogen-bond donors (Lipinski definition) is 1. The molecular formula is C15H18FNO2. The maximum Gasteiger partial charge on any atom is 0.328 e. The molecule has 0 bridgehead atoms. The molecule has 0 spiro atoms. The molecule has 1 aromatic rings. The van der Waals surface area contributed by atoms with Crippen molar-refractivity contribution in [2.75, 3.05) is 18.0 Å². The number of hydrogen-bond acceptors (Lipinski definition) is 2. The standard InChI is InChI=1S/C15H18FNO2/c1-11-4-3-9-17(10-11)15-12(7-8-14(18)19)5-2-6-13(15)16/h2,5-8,11H,3-4,9-10H2,1H3,(H,18,19)/b8-7+. The molecule has 1 heterocycles. The van der Waals surface area contributed by atoms with Crippen LogP contribution in [0, 0.1) is 11.7 Å². The summed E-state index contributed by atoms with van der Waals surface area (Å²) in [6, 6.07) is 4.78. The predicted molar refractivity (Wildman–Crippen MR) is 73.7 cm³/mol. The van der Waals surface area contributed by atoms with E-state index in [1.54, 1.807) is 12.1 Å². The molecule has 0 aromatic heterocycles. The van der Waals surface area contributed by atoms with Gasteiger partial charge in [-0.2, -0.15) is 0 Å². The number of nitrogens with zero attached hydrogens (tertiary/aromatic N) is 1. The Balaban J connectivity index is 2.34. The quantitative estimate of drug-likeness (QED) is 0.852. The van der Waals surface area contributed by atoms with Gasteiger partial charge >= 0.3 is 5.97 Å². The van der Waals surface area contributed by atoms with Gasteiger partial charge in [-0.3, -0.25) is 0 Å². The van der Waals surface area contributed by atoms with Crippen molar-refractivity contribution in [2.45, 2.75) is 19.8 Å². The molecule has 1 atom stereocenters. The number of aliphatic carboxylic acids is 1. The average molecular weight is 263 g/mol. The van der Waals surface area contributed by atoms with E-state index in [0.29, 0.717) is 17.2 Å². The highest BCUT2D eigenvalue weighted by atomic mass is 19.1.